The summed E-state index contributed by atoms with van der Waals surface area (Å²) in [5, 5.41) is 0.812. The number of halogens is 1. The van der Waals surface area contributed by atoms with Crippen LogP contribution in [0.15, 0.2) is 72.8 Å². The predicted molar refractivity (Wildman–Crippen MR) is 118 cm³/mol. The zero-order chi connectivity index (χ0) is 19.0. The Morgan fingerprint density at radius 2 is 1.22 bits per heavy atom. The normalized spacial score (nSPS) is 15.6. The molecule has 0 spiro atoms. The molecule has 0 amide bonds. The molecule has 3 heteroatoms. The van der Waals surface area contributed by atoms with Gasteiger partial charge in [0.1, 0.15) is 0 Å². The number of fused-ring (bicyclic) bond motifs is 2. The van der Waals surface area contributed by atoms with Gasteiger partial charge in [0.2, 0.25) is 0 Å². The summed E-state index contributed by atoms with van der Waals surface area (Å²) in [6.07, 6.45) is 0. The standard InChI is InChI=1S/C18H21N.C6H4Cl.Sb/c1-18(2,3)19(14-16-10-6-4-7-11-16)15-17-12-8-5-9-13-17;7-6-4-2-1-3-5-6;/h4-10,12H,14-15H2,1-3H3;2-5H;. The van der Waals surface area contributed by atoms with Gasteiger partial charge in [0.15, 0.2) is 0 Å². The van der Waals surface area contributed by atoms with Crippen molar-refractivity contribution >= 4 is 42.3 Å². The molecule has 3 aromatic rings. The van der Waals surface area contributed by atoms with Crippen LogP contribution < -0.4 is 10.5 Å². The van der Waals surface area contributed by atoms with E-state index in [1.807, 2.05) is 12.1 Å². The van der Waals surface area contributed by atoms with E-state index in [0.717, 1.165) is 18.1 Å². The van der Waals surface area contributed by atoms with Crippen molar-refractivity contribution in [2.75, 3.05) is 0 Å². The Bertz CT molecular complexity index is 894. The second-order valence-electron chi connectivity index (χ2n) is 8.10. The second kappa shape index (κ2) is 7.63. The van der Waals surface area contributed by atoms with Crippen molar-refractivity contribution in [3.63, 3.8) is 0 Å². The van der Waals surface area contributed by atoms with Gasteiger partial charge in [0.25, 0.3) is 0 Å². The van der Waals surface area contributed by atoms with E-state index in [2.05, 4.69) is 86.3 Å². The molecule has 0 saturated carbocycles. The Morgan fingerprint density at radius 1 is 0.741 bits per heavy atom. The van der Waals surface area contributed by atoms with Crippen molar-refractivity contribution in [3.05, 3.63) is 88.9 Å². The minimum atomic E-state index is -2.11. The molecule has 1 aliphatic rings. The van der Waals surface area contributed by atoms with Crippen molar-refractivity contribution in [3.8, 4) is 0 Å². The summed E-state index contributed by atoms with van der Waals surface area (Å²) in [6.45, 7) is 8.96. The van der Waals surface area contributed by atoms with E-state index in [4.69, 9.17) is 11.6 Å². The molecule has 1 aliphatic heterocycles. The van der Waals surface area contributed by atoms with Gasteiger partial charge in [0, 0.05) is 0 Å². The van der Waals surface area contributed by atoms with Crippen molar-refractivity contribution in [1.82, 2.24) is 4.90 Å². The number of rotatable bonds is 1. The van der Waals surface area contributed by atoms with Gasteiger partial charge in [0.05, 0.1) is 0 Å². The van der Waals surface area contributed by atoms with Gasteiger partial charge in [-0.3, -0.25) is 0 Å². The number of nitrogens with zero attached hydrogens (tertiary/aromatic N) is 1. The fourth-order valence-corrected chi connectivity index (χ4v) is 11.2. The molecule has 27 heavy (non-hydrogen) atoms. The molecule has 0 radical (unpaired) electrons. The third-order valence-corrected chi connectivity index (χ3v) is 13.0. The van der Waals surface area contributed by atoms with E-state index in [-0.39, 0.29) is 5.54 Å². The van der Waals surface area contributed by atoms with E-state index in [0.29, 0.717) is 0 Å². The molecule has 0 saturated heterocycles. The third kappa shape index (κ3) is 3.97. The maximum atomic E-state index is 6.19. The zero-order valence-corrected chi connectivity index (χ0v) is 19.4. The number of benzene rings is 3. The Kier molecular flexibility index (Phi) is 5.38. The van der Waals surface area contributed by atoms with E-state index in [1.165, 1.54) is 14.6 Å². The van der Waals surface area contributed by atoms with Crippen LogP contribution in [0.3, 0.4) is 0 Å². The molecule has 0 atom stereocenters. The van der Waals surface area contributed by atoms with Crippen molar-refractivity contribution < 1.29 is 0 Å². The van der Waals surface area contributed by atoms with Crippen LogP contribution >= 0.6 is 11.6 Å². The first-order valence-electron chi connectivity index (χ1n) is 9.40. The Labute approximate surface area is 174 Å². The number of hydrogen-bond donors (Lipinski definition) is 0. The van der Waals surface area contributed by atoms with Gasteiger partial charge in [-0.05, 0) is 0 Å². The molecule has 3 aromatic carbocycles. The van der Waals surface area contributed by atoms with Crippen molar-refractivity contribution in [1.29, 1.82) is 0 Å². The zero-order valence-electron chi connectivity index (χ0n) is 16.1. The van der Waals surface area contributed by atoms with Gasteiger partial charge >= 0.3 is 176 Å². The van der Waals surface area contributed by atoms with Crippen LogP contribution in [0.1, 0.15) is 31.9 Å². The fourth-order valence-electron chi connectivity index (χ4n) is 3.66. The van der Waals surface area contributed by atoms with Crippen LogP contribution in [-0.4, -0.2) is 30.6 Å². The summed E-state index contributed by atoms with van der Waals surface area (Å²) in [7, 11) is 0. The number of hydrogen-bond acceptors (Lipinski definition) is 1. The molecule has 4 rings (SSSR count). The molecule has 0 N–H and O–H groups in total. The van der Waals surface area contributed by atoms with Crippen LogP contribution in [0.2, 0.25) is 5.02 Å². The SMILES string of the molecule is CC(C)(C)N1Cc2cccc[c]2[Sb]([c]2ccc(Cl)cc2)[c]2ccccc2C1. The summed E-state index contributed by atoms with van der Waals surface area (Å²) >= 11 is 4.08. The molecule has 0 fully saturated rings. The summed E-state index contributed by atoms with van der Waals surface area (Å²) in [6, 6.07) is 26.8. The first-order valence-corrected chi connectivity index (χ1v) is 13.6. The van der Waals surface area contributed by atoms with Crippen LogP contribution in [0.5, 0.6) is 0 Å². The quantitative estimate of drug-likeness (QED) is 0.473. The molecular weight excluding hydrogens is 459 g/mol. The molecule has 0 unspecified atom stereocenters. The summed E-state index contributed by atoms with van der Waals surface area (Å²) in [5.74, 6) is 0. The van der Waals surface area contributed by atoms with Crippen LogP contribution in [-0.2, 0) is 13.1 Å². The van der Waals surface area contributed by atoms with E-state index in [1.54, 1.807) is 7.02 Å². The van der Waals surface area contributed by atoms with Crippen LogP contribution in [0, 0.1) is 0 Å². The Balaban J connectivity index is 1.95. The van der Waals surface area contributed by atoms with Crippen LogP contribution in [0.4, 0.5) is 0 Å². The molecule has 1 nitrogen and oxygen atoms in total. The maximum absolute atomic E-state index is 6.19. The third-order valence-electron chi connectivity index (χ3n) is 5.22. The molecule has 138 valence electrons. The van der Waals surface area contributed by atoms with Gasteiger partial charge < -0.3 is 0 Å². The van der Waals surface area contributed by atoms with Crippen molar-refractivity contribution in [2.45, 2.75) is 39.4 Å². The van der Waals surface area contributed by atoms with E-state index >= 15 is 0 Å². The topological polar surface area (TPSA) is 3.24 Å². The Hall–Kier alpha value is -1.27. The first-order chi connectivity index (χ1) is 12.9. The molecule has 1 heterocycles. The molecule has 0 aromatic heterocycles. The first kappa shape index (κ1) is 19.1. The molecule has 0 bridgehead atoms. The summed E-state index contributed by atoms with van der Waals surface area (Å²) < 4.78 is 4.62. The van der Waals surface area contributed by atoms with E-state index < -0.39 is 20.2 Å². The van der Waals surface area contributed by atoms with Gasteiger partial charge in [-0.25, -0.2) is 0 Å². The summed E-state index contributed by atoms with van der Waals surface area (Å²) in [5.41, 5.74) is 3.10. The average Bonchev–Trinajstić information content (AvgIpc) is 2.63. The van der Waals surface area contributed by atoms with Gasteiger partial charge in [-0.2, -0.15) is 0 Å². The summed E-state index contributed by atoms with van der Waals surface area (Å²) in [4.78, 5) is 2.60. The monoisotopic (exact) mass is 483 g/mol. The van der Waals surface area contributed by atoms with Gasteiger partial charge in [-0.15, -0.1) is 0 Å². The average molecular weight is 485 g/mol. The molecular formula is C24H25ClNSb. The van der Waals surface area contributed by atoms with Crippen LogP contribution in [0.25, 0.3) is 0 Å². The minimum absolute atomic E-state index is 0.125. The van der Waals surface area contributed by atoms with Crippen molar-refractivity contribution in [2.24, 2.45) is 0 Å². The Morgan fingerprint density at radius 3 is 1.70 bits per heavy atom. The fraction of sp³-hybridized carbons (Fsp3) is 0.250. The molecule has 0 aliphatic carbocycles. The predicted octanol–water partition coefficient (Wildman–Crippen LogP) is 3.97. The van der Waals surface area contributed by atoms with E-state index in [9.17, 15) is 0 Å². The van der Waals surface area contributed by atoms with Gasteiger partial charge in [-0.1, -0.05) is 0 Å². The second-order valence-corrected chi connectivity index (χ2v) is 14.7.